The molecule has 1 aromatic rings. The maximum absolute atomic E-state index is 13.5. The van der Waals surface area contributed by atoms with E-state index < -0.39 is 23.6 Å². The monoisotopic (exact) mass is 316 g/mol. The maximum atomic E-state index is 13.5. The van der Waals surface area contributed by atoms with Crippen molar-refractivity contribution in [2.75, 3.05) is 11.9 Å². The summed E-state index contributed by atoms with van der Waals surface area (Å²) in [7, 11) is 0. The van der Waals surface area contributed by atoms with E-state index in [1.807, 2.05) is 0 Å². The number of nitrogens with one attached hydrogen (secondary N) is 2. The number of hydrogen-bond donors (Lipinski definition) is 2. The predicted molar refractivity (Wildman–Crippen MR) is 69.0 cm³/mol. The molecule has 1 amide bonds. The van der Waals surface area contributed by atoms with Gasteiger partial charge in [0.2, 0.25) is 5.91 Å². The number of anilines is 1. The van der Waals surface area contributed by atoms with Crippen LogP contribution < -0.4 is 10.6 Å². The first-order valence-electron chi connectivity index (χ1n) is 5.08. The topological polar surface area (TPSA) is 41.1 Å². The van der Waals surface area contributed by atoms with E-state index in [1.54, 1.807) is 0 Å². The molecule has 0 aliphatic carbocycles. The molecule has 1 aromatic carbocycles. The van der Waals surface area contributed by atoms with Crippen LogP contribution >= 0.6 is 15.9 Å². The van der Waals surface area contributed by atoms with Crippen LogP contribution in [0.3, 0.4) is 0 Å². The van der Waals surface area contributed by atoms with E-state index in [0.717, 1.165) is 12.1 Å². The SMILES string of the molecule is C#CCNC(=O)C(C)Nc1c(F)cc(Br)cc1F. The first-order valence-corrected chi connectivity index (χ1v) is 5.87. The van der Waals surface area contributed by atoms with E-state index in [-0.39, 0.29) is 16.7 Å². The Bertz CT molecular complexity index is 476. The molecule has 2 N–H and O–H groups in total. The van der Waals surface area contributed by atoms with Crippen molar-refractivity contribution in [3.63, 3.8) is 0 Å². The molecule has 0 aromatic heterocycles. The van der Waals surface area contributed by atoms with Crippen molar-refractivity contribution < 1.29 is 13.6 Å². The third-order valence-electron chi connectivity index (χ3n) is 2.13. The van der Waals surface area contributed by atoms with Crippen molar-refractivity contribution in [1.29, 1.82) is 0 Å². The average Bonchev–Trinajstić information content (AvgIpc) is 2.30. The van der Waals surface area contributed by atoms with Gasteiger partial charge in [0.15, 0.2) is 0 Å². The van der Waals surface area contributed by atoms with Crippen LogP contribution in [0.1, 0.15) is 6.92 Å². The quantitative estimate of drug-likeness (QED) is 0.837. The zero-order valence-electron chi connectivity index (χ0n) is 9.56. The van der Waals surface area contributed by atoms with Gasteiger partial charge in [-0.15, -0.1) is 6.42 Å². The summed E-state index contributed by atoms with van der Waals surface area (Å²) in [6, 6.07) is 1.41. The first kappa shape index (κ1) is 14.5. The fourth-order valence-electron chi connectivity index (χ4n) is 1.25. The fraction of sp³-hybridized carbons (Fsp3) is 0.250. The minimum Gasteiger partial charge on any atom is -0.369 e. The molecule has 0 saturated carbocycles. The second-order valence-electron chi connectivity index (χ2n) is 3.53. The van der Waals surface area contributed by atoms with Crippen LogP contribution in [0, 0.1) is 24.0 Å². The van der Waals surface area contributed by atoms with Crippen LogP contribution in [0.4, 0.5) is 14.5 Å². The summed E-state index contributed by atoms with van der Waals surface area (Å²) in [6.45, 7) is 1.54. The van der Waals surface area contributed by atoms with Crippen molar-refractivity contribution in [3.8, 4) is 12.3 Å². The lowest BCUT2D eigenvalue weighted by atomic mass is 10.2. The number of amides is 1. The van der Waals surface area contributed by atoms with Gasteiger partial charge in [-0.1, -0.05) is 21.9 Å². The van der Waals surface area contributed by atoms with Crippen molar-refractivity contribution >= 4 is 27.5 Å². The van der Waals surface area contributed by atoms with E-state index in [4.69, 9.17) is 6.42 Å². The van der Waals surface area contributed by atoms with Gasteiger partial charge in [-0.3, -0.25) is 4.79 Å². The van der Waals surface area contributed by atoms with Gasteiger partial charge in [-0.25, -0.2) is 8.78 Å². The summed E-state index contributed by atoms with van der Waals surface area (Å²) < 4.78 is 27.3. The van der Waals surface area contributed by atoms with Gasteiger partial charge < -0.3 is 10.6 Å². The molecule has 0 fully saturated rings. The van der Waals surface area contributed by atoms with Crippen LogP contribution in [-0.2, 0) is 4.79 Å². The van der Waals surface area contributed by atoms with Crippen molar-refractivity contribution in [2.24, 2.45) is 0 Å². The Morgan fingerprint density at radius 3 is 2.56 bits per heavy atom. The van der Waals surface area contributed by atoms with Crippen molar-refractivity contribution in [2.45, 2.75) is 13.0 Å². The predicted octanol–water partition coefficient (Wildman–Crippen LogP) is 2.28. The molecule has 1 unspecified atom stereocenters. The molecular weight excluding hydrogens is 306 g/mol. The summed E-state index contributed by atoms with van der Waals surface area (Å²) in [5, 5.41) is 4.87. The standard InChI is InChI=1S/C12H11BrF2N2O/c1-3-4-16-12(18)7(2)17-11-9(14)5-8(13)6-10(11)15/h1,5-7,17H,4H2,2H3,(H,16,18). The van der Waals surface area contributed by atoms with E-state index in [0.29, 0.717) is 0 Å². The Morgan fingerprint density at radius 1 is 1.50 bits per heavy atom. The fourth-order valence-corrected chi connectivity index (χ4v) is 1.66. The number of carbonyl (C=O) groups excluding carboxylic acids is 1. The van der Waals surface area contributed by atoms with Crippen LogP contribution in [-0.4, -0.2) is 18.5 Å². The summed E-state index contributed by atoms with van der Waals surface area (Å²) in [6.07, 6.45) is 4.98. The number of rotatable bonds is 4. The van der Waals surface area contributed by atoms with Gasteiger partial charge in [-0.2, -0.15) is 0 Å². The minimum absolute atomic E-state index is 0.0656. The minimum atomic E-state index is -0.802. The van der Waals surface area contributed by atoms with E-state index >= 15 is 0 Å². The highest BCUT2D eigenvalue weighted by atomic mass is 79.9. The Labute approximate surface area is 112 Å². The molecule has 96 valence electrons. The molecule has 0 heterocycles. The second-order valence-corrected chi connectivity index (χ2v) is 4.45. The van der Waals surface area contributed by atoms with Crippen LogP contribution in [0.2, 0.25) is 0 Å². The summed E-state index contributed by atoms with van der Waals surface area (Å²) >= 11 is 2.97. The first-order chi connectivity index (χ1) is 8.45. The Morgan fingerprint density at radius 2 is 2.06 bits per heavy atom. The Balaban J connectivity index is 2.79. The summed E-state index contributed by atoms with van der Waals surface area (Å²) in [4.78, 5) is 11.5. The molecule has 0 aliphatic rings. The summed E-state index contributed by atoms with van der Waals surface area (Å²) in [5.41, 5.74) is -0.346. The van der Waals surface area contributed by atoms with Gasteiger partial charge in [-0.05, 0) is 19.1 Å². The molecule has 0 bridgehead atoms. The third-order valence-corrected chi connectivity index (χ3v) is 2.58. The van der Waals surface area contributed by atoms with Crippen LogP contribution in [0.15, 0.2) is 16.6 Å². The molecule has 0 aliphatic heterocycles. The lowest BCUT2D eigenvalue weighted by molar-refractivity contribution is -0.121. The van der Waals surface area contributed by atoms with E-state index in [2.05, 4.69) is 32.5 Å². The third kappa shape index (κ3) is 3.70. The number of carbonyl (C=O) groups is 1. The van der Waals surface area contributed by atoms with Crippen molar-refractivity contribution in [1.82, 2.24) is 5.32 Å². The van der Waals surface area contributed by atoms with Gasteiger partial charge in [0.25, 0.3) is 0 Å². The molecule has 1 atom stereocenters. The molecule has 3 nitrogen and oxygen atoms in total. The Kier molecular flexibility index (Phi) is 5.10. The van der Waals surface area contributed by atoms with Gasteiger partial charge in [0, 0.05) is 4.47 Å². The lowest BCUT2D eigenvalue weighted by Gasteiger charge is -2.15. The zero-order chi connectivity index (χ0) is 13.7. The highest BCUT2D eigenvalue weighted by Crippen LogP contribution is 2.24. The van der Waals surface area contributed by atoms with E-state index in [1.165, 1.54) is 6.92 Å². The smallest absolute Gasteiger partial charge is 0.242 e. The number of benzene rings is 1. The van der Waals surface area contributed by atoms with Gasteiger partial charge in [0.1, 0.15) is 23.4 Å². The Hall–Kier alpha value is -1.61. The molecule has 6 heteroatoms. The number of hydrogen-bond acceptors (Lipinski definition) is 2. The molecule has 0 spiro atoms. The largest absolute Gasteiger partial charge is 0.369 e. The number of halogens is 3. The normalized spacial score (nSPS) is 11.5. The average molecular weight is 317 g/mol. The molecule has 18 heavy (non-hydrogen) atoms. The maximum Gasteiger partial charge on any atom is 0.242 e. The van der Waals surface area contributed by atoms with Crippen molar-refractivity contribution in [3.05, 3.63) is 28.2 Å². The van der Waals surface area contributed by atoms with E-state index in [9.17, 15) is 13.6 Å². The van der Waals surface area contributed by atoms with Gasteiger partial charge in [0.05, 0.1) is 6.54 Å². The highest BCUT2D eigenvalue weighted by Gasteiger charge is 2.17. The molecule has 0 radical (unpaired) electrons. The molecular formula is C12H11BrF2N2O. The highest BCUT2D eigenvalue weighted by molar-refractivity contribution is 9.10. The summed E-state index contributed by atoms with van der Waals surface area (Å²) in [5.74, 6) is 0.240. The van der Waals surface area contributed by atoms with Gasteiger partial charge >= 0.3 is 0 Å². The second kappa shape index (κ2) is 6.36. The lowest BCUT2D eigenvalue weighted by Crippen LogP contribution is -2.38. The number of terminal acetylenes is 1. The zero-order valence-corrected chi connectivity index (χ0v) is 11.1. The van der Waals surface area contributed by atoms with Crippen LogP contribution in [0.5, 0.6) is 0 Å². The molecule has 0 saturated heterocycles. The molecule has 1 rings (SSSR count). The van der Waals surface area contributed by atoms with Crippen LogP contribution in [0.25, 0.3) is 0 Å².